The third kappa shape index (κ3) is 3.92. The summed E-state index contributed by atoms with van der Waals surface area (Å²) < 4.78 is 0. The van der Waals surface area contributed by atoms with Crippen LogP contribution in [0.5, 0.6) is 0 Å². The number of aromatic nitrogens is 1. The van der Waals surface area contributed by atoms with Gasteiger partial charge in [-0.1, -0.05) is 37.5 Å². The maximum absolute atomic E-state index is 12.8. The Hall–Kier alpha value is -2.34. The quantitative estimate of drug-likeness (QED) is 0.885. The lowest BCUT2D eigenvalue weighted by Crippen LogP contribution is -2.54. The maximum atomic E-state index is 12.8. The molecule has 1 saturated carbocycles. The van der Waals surface area contributed by atoms with Gasteiger partial charge in [0, 0.05) is 56.4 Å². The third-order valence-corrected chi connectivity index (χ3v) is 6.30. The summed E-state index contributed by atoms with van der Waals surface area (Å²) in [4.78, 5) is 34.7. The van der Waals surface area contributed by atoms with Gasteiger partial charge in [0.05, 0.1) is 12.1 Å². The van der Waals surface area contributed by atoms with Crippen LogP contribution in [0, 0.1) is 0 Å². The van der Waals surface area contributed by atoms with Crippen molar-refractivity contribution in [2.75, 3.05) is 39.8 Å². The fourth-order valence-electron chi connectivity index (χ4n) is 4.61. The van der Waals surface area contributed by atoms with E-state index in [1.165, 1.54) is 37.0 Å². The van der Waals surface area contributed by atoms with E-state index in [0.717, 1.165) is 37.1 Å². The van der Waals surface area contributed by atoms with Gasteiger partial charge in [-0.05, 0) is 18.9 Å². The number of H-pyrrole nitrogens is 1. The summed E-state index contributed by atoms with van der Waals surface area (Å²) in [6.07, 6.45) is 8.38. The molecule has 0 radical (unpaired) electrons. The Kier molecular flexibility index (Phi) is 5.67. The van der Waals surface area contributed by atoms with Crippen molar-refractivity contribution in [1.29, 1.82) is 0 Å². The minimum atomic E-state index is -0.119. The van der Waals surface area contributed by atoms with E-state index in [0.29, 0.717) is 11.6 Å². The molecule has 1 aromatic carbocycles. The molecule has 0 unspecified atom stereocenters. The van der Waals surface area contributed by atoms with E-state index in [-0.39, 0.29) is 18.4 Å². The summed E-state index contributed by atoms with van der Waals surface area (Å²) in [5, 5.41) is 0.896. The summed E-state index contributed by atoms with van der Waals surface area (Å²) in [6.45, 7) is 3.57. The van der Waals surface area contributed by atoms with Crippen LogP contribution in [-0.2, 0) is 4.79 Å². The van der Waals surface area contributed by atoms with Crippen LogP contribution in [0.2, 0.25) is 0 Å². The molecule has 2 aromatic rings. The van der Waals surface area contributed by atoms with Crippen molar-refractivity contribution >= 4 is 22.7 Å². The normalized spacial score (nSPS) is 19.1. The second kappa shape index (κ2) is 8.35. The van der Waals surface area contributed by atoms with E-state index in [1.54, 1.807) is 13.2 Å². The van der Waals surface area contributed by atoms with Crippen molar-refractivity contribution in [2.45, 2.75) is 38.1 Å². The fourth-order valence-corrected chi connectivity index (χ4v) is 4.61. The number of nitrogens with one attached hydrogen (secondary N) is 1. The number of carbonyl (C=O) groups is 2. The Labute approximate surface area is 166 Å². The first-order chi connectivity index (χ1) is 13.6. The van der Waals surface area contributed by atoms with Crippen molar-refractivity contribution in [3.05, 3.63) is 36.0 Å². The Bertz CT molecular complexity index is 832. The minimum Gasteiger partial charge on any atom is -0.360 e. The predicted octanol–water partition coefficient (Wildman–Crippen LogP) is 2.72. The summed E-state index contributed by atoms with van der Waals surface area (Å²) in [7, 11) is 1.71. The van der Waals surface area contributed by atoms with Crippen LogP contribution in [0.15, 0.2) is 30.5 Å². The molecule has 2 aliphatic rings. The molecule has 1 N–H and O–H groups in total. The van der Waals surface area contributed by atoms with E-state index in [9.17, 15) is 9.59 Å². The number of amides is 2. The van der Waals surface area contributed by atoms with E-state index in [4.69, 9.17) is 0 Å². The second-order valence-corrected chi connectivity index (χ2v) is 8.12. The van der Waals surface area contributed by atoms with Crippen LogP contribution in [0.25, 0.3) is 10.9 Å². The number of hydrogen-bond donors (Lipinski definition) is 1. The van der Waals surface area contributed by atoms with Gasteiger partial charge in [0.2, 0.25) is 5.91 Å². The van der Waals surface area contributed by atoms with Gasteiger partial charge in [-0.2, -0.15) is 0 Å². The van der Waals surface area contributed by atoms with Crippen molar-refractivity contribution in [2.24, 2.45) is 0 Å². The molecule has 0 atom stereocenters. The first kappa shape index (κ1) is 19.0. The molecular formula is C22H30N4O2. The molecule has 0 spiro atoms. The molecule has 1 aliphatic heterocycles. The van der Waals surface area contributed by atoms with Crippen LogP contribution in [-0.4, -0.2) is 77.3 Å². The number of piperazine rings is 1. The number of nitrogens with zero attached hydrogens (tertiary/aromatic N) is 3. The average Bonchev–Trinajstić information content (AvgIpc) is 3.18. The highest BCUT2D eigenvalue weighted by Gasteiger charge is 2.28. The van der Waals surface area contributed by atoms with Crippen LogP contribution in [0.3, 0.4) is 0 Å². The van der Waals surface area contributed by atoms with Crippen molar-refractivity contribution in [1.82, 2.24) is 19.7 Å². The van der Waals surface area contributed by atoms with Crippen LogP contribution >= 0.6 is 0 Å². The zero-order chi connectivity index (χ0) is 19.5. The monoisotopic (exact) mass is 382 g/mol. The molecule has 6 nitrogen and oxygen atoms in total. The summed E-state index contributed by atoms with van der Waals surface area (Å²) in [5.74, 6) is -0.0781. The zero-order valence-corrected chi connectivity index (χ0v) is 16.7. The van der Waals surface area contributed by atoms with E-state index in [1.807, 2.05) is 29.2 Å². The van der Waals surface area contributed by atoms with Crippen molar-refractivity contribution < 1.29 is 9.59 Å². The van der Waals surface area contributed by atoms with E-state index < -0.39 is 0 Å². The fraction of sp³-hybridized carbons (Fsp3) is 0.545. The smallest absolute Gasteiger partial charge is 0.256 e. The molecule has 1 aromatic heterocycles. The number of para-hydroxylation sites is 1. The van der Waals surface area contributed by atoms with Gasteiger partial charge in [-0.15, -0.1) is 0 Å². The SMILES string of the molecule is CN(CC(=O)N1CCN(C2CCCCC2)CC1)C(=O)c1c[nH]c2ccccc12. The lowest BCUT2D eigenvalue weighted by molar-refractivity contribution is -0.133. The zero-order valence-electron chi connectivity index (χ0n) is 16.7. The van der Waals surface area contributed by atoms with Gasteiger partial charge in [-0.25, -0.2) is 0 Å². The Balaban J connectivity index is 1.31. The number of hydrogen-bond acceptors (Lipinski definition) is 3. The Morgan fingerprint density at radius 1 is 1.07 bits per heavy atom. The highest BCUT2D eigenvalue weighted by atomic mass is 16.2. The highest BCUT2D eigenvalue weighted by molar-refractivity contribution is 6.07. The van der Waals surface area contributed by atoms with Gasteiger partial charge in [0.1, 0.15) is 0 Å². The van der Waals surface area contributed by atoms with Crippen molar-refractivity contribution in [3.63, 3.8) is 0 Å². The third-order valence-electron chi connectivity index (χ3n) is 6.30. The minimum absolute atomic E-state index is 0.0407. The number of carbonyl (C=O) groups excluding carboxylic acids is 2. The Morgan fingerprint density at radius 2 is 1.79 bits per heavy atom. The van der Waals surface area contributed by atoms with E-state index in [2.05, 4.69) is 9.88 Å². The summed E-state index contributed by atoms with van der Waals surface area (Å²) in [6, 6.07) is 8.44. The molecule has 2 heterocycles. The lowest BCUT2D eigenvalue weighted by Gasteiger charge is -2.41. The van der Waals surface area contributed by atoms with Crippen molar-refractivity contribution in [3.8, 4) is 0 Å². The van der Waals surface area contributed by atoms with E-state index >= 15 is 0 Å². The number of benzene rings is 1. The van der Waals surface area contributed by atoms with Gasteiger partial charge < -0.3 is 14.8 Å². The molecule has 1 saturated heterocycles. The molecular weight excluding hydrogens is 352 g/mol. The van der Waals surface area contributed by atoms with Gasteiger partial charge in [0.15, 0.2) is 0 Å². The molecule has 150 valence electrons. The van der Waals surface area contributed by atoms with Gasteiger partial charge in [-0.3, -0.25) is 14.5 Å². The topological polar surface area (TPSA) is 59.7 Å². The van der Waals surface area contributed by atoms with Gasteiger partial charge in [0.25, 0.3) is 5.91 Å². The lowest BCUT2D eigenvalue weighted by atomic mass is 9.94. The van der Waals surface area contributed by atoms with Gasteiger partial charge >= 0.3 is 0 Å². The Morgan fingerprint density at radius 3 is 2.54 bits per heavy atom. The first-order valence-corrected chi connectivity index (χ1v) is 10.5. The number of aromatic amines is 1. The molecule has 28 heavy (non-hydrogen) atoms. The highest BCUT2D eigenvalue weighted by Crippen LogP contribution is 2.23. The summed E-state index contributed by atoms with van der Waals surface area (Å²) >= 11 is 0. The standard InChI is InChI=1S/C22H30N4O2/c1-24(22(28)19-15-23-20-10-6-5-9-18(19)20)16-21(27)26-13-11-25(12-14-26)17-7-3-2-4-8-17/h5-6,9-10,15,17,23H,2-4,7-8,11-14,16H2,1H3. The summed E-state index contributed by atoms with van der Waals surface area (Å²) in [5.41, 5.74) is 1.55. The molecule has 4 rings (SSSR count). The second-order valence-electron chi connectivity index (χ2n) is 8.12. The molecule has 6 heteroatoms. The number of rotatable bonds is 4. The predicted molar refractivity (Wildman–Crippen MR) is 110 cm³/mol. The largest absolute Gasteiger partial charge is 0.360 e. The number of fused-ring (bicyclic) bond motifs is 1. The van der Waals surface area contributed by atoms with Crippen LogP contribution in [0.4, 0.5) is 0 Å². The number of likely N-dealkylation sites (N-methyl/N-ethyl adjacent to an activating group) is 1. The van der Waals surface area contributed by atoms with Crippen LogP contribution in [0.1, 0.15) is 42.5 Å². The molecule has 1 aliphatic carbocycles. The molecule has 0 bridgehead atoms. The maximum Gasteiger partial charge on any atom is 0.256 e. The first-order valence-electron chi connectivity index (χ1n) is 10.5. The molecule has 2 amide bonds. The van der Waals surface area contributed by atoms with Crippen LogP contribution < -0.4 is 0 Å². The average molecular weight is 383 g/mol. The molecule has 2 fully saturated rings.